The fourth-order valence-electron chi connectivity index (χ4n) is 4.60. The summed E-state index contributed by atoms with van der Waals surface area (Å²) in [7, 11) is 0. The Morgan fingerprint density at radius 1 is 1.18 bits per heavy atom. The van der Waals surface area contributed by atoms with E-state index in [1.165, 1.54) is 32.4 Å². The van der Waals surface area contributed by atoms with Crippen LogP contribution in [0.1, 0.15) is 46.5 Å². The molecule has 0 N–H and O–H groups in total. The molecule has 2 atom stereocenters. The van der Waals surface area contributed by atoms with Crippen molar-refractivity contribution < 1.29 is 0 Å². The van der Waals surface area contributed by atoms with Gasteiger partial charge in [-0.05, 0) is 45.1 Å². The van der Waals surface area contributed by atoms with Crippen LogP contribution in [0.25, 0.3) is 0 Å². The molecule has 3 heteroatoms. The number of allylic oxidation sites excluding steroid dienone is 2. The molecular formula is C25H38N3. The van der Waals surface area contributed by atoms with Gasteiger partial charge in [0.2, 0.25) is 0 Å². The van der Waals surface area contributed by atoms with Gasteiger partial charge in [-0.1, -0.05) is 31.1 Å². The molecule has 3 nitrogen and oxygen atoms in total. The Kier molecular flexibility index (Phi) is 9.86. The second-order valence-corrected chi connectivity index (χ2v) is 8.07. The molecule has 0 amide bonds. The Morgan fingerprint density at radius 2 is 1.93 bits per heavy atom. The highest BCUT2D eigenvalue weighted by atomic mass is 15.3. The zero-order chi connectivity index (χ0) is 20.4. The van der Waals surface area contributed by atoms with E-state index in [0.717, 1.165) is 38.2 Å². The minimum atomic E-state index is 0.327. The first-order chi connectivity index (χ1) is 13.6. The maximum absolute atomic E-state index is 5.56. The lowest BCUT2D eigenvalue weighted by atomic mass is 10.0. The van der Waals surface area contributed by atoms with Gasteiger partial charge >= 0.3 is 0 Å². The predicted octanol–water partition coefficient (Wildman–Crippen LogP) is 3.60. The lowest BCUT2D eigenvalue weighted by Crippen LogP contribution is -2.47. The Balaban J connectivity index is 1.88. The Morgan fingerprint density at radius 3 is 2.54 bits per heavy atom. The molecule has 2 fully saturated rings. The number of likely N-dealkylation sites (tertiary alicyclic amines) is 2. The van der Waals surface area contributed by atoms with E-state index >= 15 is 0 Å². The highest BCUT2D eigenvalue weighted by Gasteiger charge is 2.33. The Hall–Kier alpha value is -1.52. The van der Waals surface area contributed by atoms with Crippen molar-refractivity contribution in [2.75, 3.05) is 39.3 Å². The van der Waals surface area contributed by atoms with E-state index in [1.54, 1.807) is 0 Å². The molecule has 153 valence electrons. The standard InChI is InChI=1S/C25H38N3/c1-6-10-16-26(15-8-3)25-14-19-28(21-25)23-12-17-27(18-13-23)24(11-7-2)20-22(5)9-4/h1,4,7-8,11,20,23-25H,10,12-19,21H2,2-3,5H3/b11-7-,22-20-. The zero-order valence-electron chi connectivity index (χ0n) is 18.1. The molecule has 28 heavy (non-hydrogen) atoms. The quantitative estimate of drug-likeness (QED) is 0.447. The molecule has 0 bridgehead atoms. The summed E-state index contributed by atoms with van der Waals surface area (Å²) in [4.78, 5) is 7.87. The topological polar surface area (TPSA) is 9.72 Å². The first-order valence-electron chi connectivity index (χ1n) is 10.8. The van der Waals surface area contributed by atoms with Gasteiger partial charge in [0.15, 0.2) is 0 Å². The van der Waals surface area contributed by atoms with Crippen LogP contribution in [0.2, 0.25) is 0 Å². The summed E-state index contributed by atoms with van der Waals surface area (Å²) in [6, 6.07) is 1.69. The molecular weight excluding hydrogens is 342 g/mol. The van der Waals surface area contributed by atoms with Gasteiger partial charge in [0.1, 0.15) is 0 Å². The van der Waals surface area contributed by atoms with Gasteiger partial charge in [0.25, 0.3) is 0 Å². The molecule has 2 unspecified atom stereocenters. The van der Waals surface area contributed by atoms with Crippen LogP contribution in [-0.2, 0) is 0 Å². The van der Waals surface area contributed by atoms with Crippen molar-refractivity contribution in [3.8, 4) is 24.7 Å². The fraction of sp³-hybridized carbons (Fsp3) is 0.640. The smallest absolute Gasteiger partial charge is 0.0473 e. The molecule has 0 aromatic heterocycles. The summed E-state index contributed by atoms with van der Waals surface area (Å²) >= 11 is 0. The third-order valence-electron chi connectivity index (χ3n) is 6.15. The molecule has 2 aliphatic heterocycles. The van der Waals surface area contributed by atoms with Crippen LogP contribution in [0, 0.1) is 31.1 Å². The molecule has 2 saturated heterocycles. The number of rotatable bonds is 9. The Bertz CT molecular complexity index is 598. The Labute approximate surface area is 173 Å². The monoisotopic (exact) mass is 380 g/mol. The van der Waals surface area contributed by atoms with Crippen LogP contribution in [-0.4, -0.2) is 72.1 Å². The zero-order valence-corrected chi connectivity index (χ0v) is 18.1. The van der Waals surface area contributed by atoms with E-state index in [4.69, 9.17) is 12.8 Å². The number of terminal acetylenes is 2. The van der Waals surface area contributed by atoms with Crippen molar-refractivity contribution in [1.82, 2.24) is 14.7 Å². The van der Waals surface area contributed by atoms with E-state index in [2.05, 4.69) is 65.0 Å². The average Bonchev–Trinajstić information content (AvgIpc) is 3.21. The molecule has 0 aromatic rings. The average molecular weight is 381 g/mol. The number of piperidine rings is 1. The third-order valence-corrected chi connectivity index (χ3v) is 6.15. The summed E-state index contributed by atoms with van der Waals surface area (Å²) in [5, 5.41) is 0. The van der Waals surface area contributed by atoms with Gasteiger partial charge in [-0.15, -0.1) is 18.8 Å². The van der Waals surface area contributed by atoms with Crippen LogP contribution in [0.15, 0.2) is 23.8 Å². The van der Waals surface area contributed by atoms with Crippen molar-refractivity contribution in [1.29, 1.82) is 0 Å². The van der Waals surface area contributed by atoms with Gasteiger partial charge in [-0.25, -0.2) is 0 Å². The summed E-state index contributed by atoms with van der Waals surface area (Å²) in [6.45, 7) is 13.0. The lowest BCUT2D eigenvalue weighted by molar-refractivity contribution is 0.112. The van der Waals surface area contributed by atoms with Gasteiger partial charge in [-0.3, -0.25) is 14.7 Å². The van der Waals surface area contributed by atoms with Gasteiger partial charge in [0.05, 0.1) is 0 Å². The van der Waals surface area contributed by atoms with Crippen LogP contribution < -0.4 is 0 Å². The molecule has 2 heterocycles. The molecule has 2 rings (SSSR count). The third kappa shape index (κ3) is 6.52. The van der Waals surface area contributed by atoms with Gasteiger partial charge in [0, 0.05) is 63.8 Å². The lowest BCUT2D eigenvalue weighted by Gasteiger charge is -2.39. The molecule has 0 saturated carbocycles. The van der Waals surface area contributed by atoms with Gasteiger partial charge < -0.3 is 0 Å². The SMILES string of the molecule is C#CCCN(C[CH]C)C1CCN(C2CCN(C(/C=C\C)/C=C(/C)C#C)CC2)C1. The first-order valence-corrected chi connectivity index (χ1v) is 10.8. The second kappa shape index (κ2) is 12.1. The van der Waals surface area contributed by atoms with Crippen molar-refractivity contribution >= 4 is 0 Å². The molecule has 0 aliphatic carbocycles. The van der Waals surface area contributed by atoms with Crippen LogP contribution in [0.3, 0.4) is 0 Å². The largest absolute Gasteiger partial charge is 0.299 e. The molecule has 2 aliphatic rings. The van der Waals surface area contributed by atoms with E-state index in [0.29, 0.717) is 18.1 Å². The van der Waals surface area contributed by atoms with Crippen LogP contribution >= 0.6 is 0 Å². The predicted molar refractivity (Wildman–Crippen MR) is 121 cm³/mol. The number of hydrogen-bond acceptors (Lipinski definition) is 3. The second-order valence-electron chi connectivity index (χ2n) is 8.07. The van der Waals surface area contributed by atoms with Crippen LogP contribution in [0.5, 0.6) is 0 Å². The molecule has 0 aromatic carbocycles. The maximum Gasteiger partial charge on any atom is 0.0473 e. The normalized spacial score (nSPS) is 23.9. The highest BCUT2D eigenvalue weighted by Crippen LogP contribution is 2.25. The maximum atomic E-state index is 5.56. The van der Waals surface area contributed by atoms with Crippen molar-refractivity contribution in [3.63, 3.8) is 0 Å². The minimum absolute atomic E-state index is 0.327. The van der Waals surface area contributed by atoms with Crippen LogP contribution in [0.4, 0.5) is 0 Å². The molecule has 1 radical (unpaired) electrons. The fourth-order valence-corrected chi connectivity index (χ4v) is 4.60. The summed E-state index contributed by atoms with van der Waals surface area (Å²) in [5.74, 6) is 5.56. The van der Waals surface area contributed by atoms with E-state index in [-0.39, 0.29) is 0 Å². The molecule has 0 spiro atoms. The minimum Gasteiger partial charge on any atom is -0.299 e. The van der Waals surface area contributed by atoms with Crippen molar-refractivity contribution in [2.45, 2.75) is 64.6 Å². The van der Waals surface area contributed by atoms with Crippen molar-refractivity contribution in [3.05, 3.63) is 30.2 Å². The van der Waals surface area contributed by atoms with E-state index < -0.39 is 0 Å². The number of nitrogens with zero attached hydrogens (tertiary/aromatic N) is 3. The van der Waals surface area contributed by atoms with Crippen molar-refractivity contribution in [2.24, 2.45) is 0 Å². The van der Waals surface area contributed by atoms with E-state index in [1.807, 2.05) is 6.92 Å². The number of hydrogen-bond donors (Lipinski definition) is 0. The van der Waals surface area contributed by atoms with E-state index in [9.17, 15) is 0 Å². The summed E-state index contributed by atoms with van der Waals surface area (Å²) in [5.41, 5.74) is 1.02. The summed E-state index contributed by atoms with van der Waals surface area (Å²) < 4.78 is 0. The highest BCUT2D eigenvalue weighted by molar-refractivity contribution is 5.26. The van der Waals surface area contributed by atoms with Gasteiger partial charge in [-0.2, -0.15) is 0 Å². The summed E-state index contributed by atoms with van der Waals surface area (Å²) in [6.07, 6.45) is 24.5. The first kappa shape index (κ1) is 22.8.